The van der Waals surface area contributed by atoms with Crippen molar-refractivity contribution in [3.63, 3.8) is 0 Å². The lowest BCUT2D eigenvalue weighted by molar-refractivity contribution is -0.129. The van der Waals surface area contributed by atoms with Gasteiger partial charge in [-0.1, -0.05) is 0 Å². The van der Waals surface area contributed by atoms with E-state index in [1.54, 1.807) is 19.4 Å². The van der Waals surface area contributed by atoms with Crippen LogP contribution in [0.15, 0.2) is 5.38 Å². The number of ether oxygens (including phenoxy) is 1. The average molecular weight is 270 g/mol. The molecule has 1 aliphatic carbocycles. The molecule has 6 heteroatoms. The van der Waals surface area contributed by atoms with E-state index in [0.717, 1.165) is 19.3 Å². The number of rotatable bonds is 5. The van der Waals surface area contributed by atoms with Crippen molar-refractivity contribution in [1.29, 1.82) is 0 Å². The minimum atomic E-state index is -0.608. The Labute approximate surface area is 110 Å². The van der Waals surface area contributed by atoms with Gasteiger partial charge < -0.3 is 15.2 Å². The first-order valence-corrected chi connectivity index (χ1v) is 6.91. The highest BCUT2D eigenvalue weighted by molar-refractivity contribution is 7.13. The number of anilines is 1. The molecule has 100 valence electrons. The summed E-state index contributed by atoms with van der Waals surface area (Å²) in [5.74, 6) is -0.0805. The molecule has 1 aliphatic rings. The molecule has 1 aromatic heterocycles. The van der Waals surface area contributed by atoms with E-state index in [-0.39, 0.29) is 11.5 Å². The van der Waals surface area contributed by atoms with Crippen LogP contribution in [0.5, 0.6) is 0 Å². The Kier molecular flexibility index (Phi) is 3.99. The number of aromatic nitrogens is 1. The summed E-state index contributed by atoms with van der Waals surface area (Å²) in [7, 11) is 1.65. The molecule has 0 saturated heterocycles. The molecule has 0 spiro atoms. The molecule has 0 aromatic carbocycles. The van der Waals surface area contributed by atoms with Crippen LogP contribution in [0.25, 0.3) is 0 Å². The topological polar surface area (TPSA) is 71.5 Å². The molecule has 0 radical (unpaired) electrons. The number of aliphatic hydroxyl groups excluding tert-OH is 1. The fourth-order valence-corrected chi connectivity index (χ4v) is 2.83. The number of hydrogen-bond acceptors (Lipinski definition) is 5. The van der Waals surface area contributed by atoms with Crippen molar-refractivity contribution >= 4 is 22.4 Å². The molecular formula is C12H18N2O3S. The molecule has 1 atom stereocenters. The molecule has 1 unspecified atom stereocenters. The van der Waals surface area contributed by atoms with Gasteiger partial charge in [-0.15, -0.1) is 11.3 Å². The highest BCUT2D eigenvalue weighted by Crippen LogP contribution is 2.38. The second kappa shape index (κ2) is 5.34. The smallest absolute Gasteiger partial charge is 0.229 e. The van der Waals surface area contributed by atoms with Gasteiger partial charge in [-0.25, -0.2) is 4.98 Å². The number of amides is 1. The van der Waals surface area contributed by atoms with E-state index in [1.807, 2.05) is 0 Å². The SMILES string of the molecule is COC1(CC(=O)Nc2nc(C(C)O)cs2)CCC1. The van der Waals surface area contributed by atoms with Crippen LogP contribution in [0.4, 0.5) is 5.13 Å². The number of aliphatic hydroxyl groups is 1. The molecule has 0 aliphatic heterocycles. The van der Waals surface area contributed by atoms with Crippen molar-refractivity contribution in [3.05, 3.63) is 11.1 Å². The zero-order valence-corrected chi connectivity index (χ0v) is 11.4. The molecule has 0 bridgehead atoms. The lowest BCUT2D eigenvalue weighted by Gasteiger charge is -2.39. The Morgan fingerprint density at radius 1 is 1.72 bits per heavy atom. The third kappa shape index (κ3) is 2.88. The third-order valence-electron chi connectivity index (χ3n) is 3.38. The first kappa shape index (κ1) is 13.5. The first-order chi connectivity index (χ1) is 8.54. The normalized spacial score (nSPS) is 19.1. The van der Waals surface area contributed by atoms with Crippen LogP contribution in [-0.2, 0) is 9.53 Å². The molecule has 1 fully saturated rings. The zero-order valence-electron chi connectivity index (χ0n) is 10.6. The molecule has 5 nitrogen and oxygen atoms in total. The van der Waals surface area contributed by atoms with Crippen molar-refractivity contribution < 1.29 is 14.6 Å². The number of nitrogens with one attached hydrogen (secondary N) is 1. The average Bonchev–Trinajstić information content (AvgIpc) is 2.72. The summed E-state index contributed by atoms with van der Waals surface area (Å²) in [4.78, 5) is 16.0. The van der Waals surface area contributed by atoms with E-state index in [1.165, 1.54) is 11.3 Å². The van der Waals surface area contributed by atoms with Gasteiger partial charge in [0.05, 0.1) is 23.8 Å². The maximum absolute atomic E-state index is 11.9. The van der Waals surface area contributed by atoms with E-state index in [2.05, 4.69) is 10.3 Å². The summed E-state index contributed by atoms with van der Waals surface area (Å²) in [6.07, 6.45) is 2.75. The number of carbonyl (C=O) groups excluding carboxylic acids is 1. The number of hydrogen-bond donors (Lipinski definition) is 2. The molecule has 1 amide bonds. The standard InChI is InChI=1S/C12H18N2O3S/c1-8(15)9-7-18-11(13-9)14-10(16)6-12(17-2)4-3-5-12/h7-8,15H,3-6H2,1-2H3,(H,13,14,16). The van der Waals surface area contributed by atoms with Gasteiger partial charge in [0.1, 0.15) is 0 Å². The van der Waals surface area contributed by atoms with Crippen LogP contribution in [0.1, 0.15) is 44.4 Å². The predicted octanol–water partition coefficient (Wildman–Crippen LogP) is 2.09. The molecular weight excluding hydrogens is 252 g/mol. The zero-order chi connectivity index (χ0) is 13.2. The Hall–Kier alpha value is -0.980. The van der Waals surface area contributed by atoms with Gasteiger partial charge in [0.25, 0.3) is 0 Å². The van der Waals surface area contributed by atoms with Crippen molar-refractivity contribution in [1.82, 2.24) is 4.98 Å². The Bertz CT molecular complexity index is 421. The minimum absolute atomic E-state index is 0.0805. The van der Waals surface area contributed by atoms with Crippen molar-refractivity contribution in [2.24, 2.45) is 0 Å². The largest absolute Gasteiger partial charge is 0.387 e. The van der Waals surface area contributed by atoms with Crippen LogP contribution in [0, 0.1) is 0 Å². The van der Waals surface area contributed by atoms with Crippen molar-refractivity contribution in [3.8, 4) is 0 Å². The summed E-state index contributed by atoms with van der Waals surface area (Å²) < 4.78 is 5.41. The van der Waals surface area contributed by atoms with Gasteiger partial charge in [-0.3, -0.25) is 4.79 Å². The number of nitrogens with zero attached hydrogens (tertiary/aromatic N) is 1. The molecule has 1 aromatic rings. The molecule has 2 N–H and O–H groups in total. The summed E-state index contributed by atoms with van der Waals surface area (Å²) in [5, 5.41) is 14.4. The number of carbonyl (C=O) groups is 1. The van der Waals surface area contributed by atoms with E-state index in [9.17, 15) is 9.90 Å². The Balaban J connectivity index is 1.90. The maximum atomic E-state index is 11.9. The molecule has 2 rings (SSSR count). The molecule has 1 saturated carbocycles. The first-order valence-electron chi connectivity index (χ1n) is 6.03. The van der Waals surface area contributed by atoms with Crippen molar-refractivity contribution in [2.75, 3.05) is 12.4 Å². The van der Waals surface area contributed by atoms with E-state index in [4.69, 9.17) is 4.74 Å². The van der Waals surface area contributed by atoms with Crippen LogP contribution >= 0.6 is 11.3 Å². The minimum Gasteiger partial charge on any atom is -0.387 e. The van der Waals surface area contributed by atoms with Crippen LogP contribution in [-0.4, -0.2) is 28.7 Å². The lowest BCUT2D eigenvalue weighted by Crippen LogP contribution is -2.42. The number of methoxy groups -OCH3 is 1. The molecule has 18 heavy (non-hydrogen) atoms. The summed E-state index contributed by atoms with van der Waals surface area (Å²) in [6.45, 7) is 1.65. The summed E-state index contributed by atoms with van der Waals surface area (Å²) in [5.41, 5.74) is 0.314. The van der Waals surface area contributed by atoms with Crippen molar-refractivity contribution in [2.45, 2.75) is 44.3 Å². The van der Waals surface area contributed by atoms with Crippen LogP contribution < -0.4 is 5.32 Å². The van der Waals surface area contributed by atoms with E-state index >= 15 is 0 Å². The maximum Gasteiger partial charge on any atom is 0.229 e. The highest BCUT2D eigenvalue weighted by Gasteiger charge is 2.39. The Morgan fingerprint density at radius 2 is 2.44 bits per heavy atom. The van der Waals surface area contributed by atoms with Crippen LogP contribution in [0.3, 0.4) is 0 Å². The van der Waals surface area contributed by atoms with E-state index < -0.39 is 6.10 Å². The summed E-state index contributed by atoms with van der Waals surface area (Å²) >= 11 is 1.32. The van der Waals surface area contributed by atoms with Gasteiger partial charge in [0.2, 0.25) is 5.91 Å². The number of thiazole rings is 1. The fourth-order valence-electron chi connectivity index (χ4n) is 2.02. The second-order valence-electron chi connectivity index (χ2n) is 4.72. The van der Waals surface area contributed by atoms with Gasteiger partial charge in [-0.2, -0.15) is 0 Å². The monoisotopic (exact) mass is 270 g/mol. The fraction of sp³-hybridized carbons (Fsp3) is 0.667. The molecule has 1 heterocycles. The quantitative estimate of drug-likeness (QED) is 0.859. The Morgan fingerprint density at radius 3 is 2.89 bits per heavy atom. The van der Waals surface area contributed by atoms with Gasteiger partial charge in [-0.05, 0) is 26.2 Å². The highest BCUT2D eigenvalue weighted by atomic mass is 32.1. The van der Waals surface area contributed by atoms with Crippen LogP contribution in [0.2, 0.25) is 0 Å². The van der Waals surface area contributed by atoms with E-state index in [0.29, 0.717) is 17.2 Å². The van der Waals surface area contributed by atoms with Gasteiger partial charge in [0.15, 0.2) is 5.13 Å². The third-order valence-corrected chi connectivity index (χ3v) is 4.15. The predicted molar refractivity (Wildman–Crippen MR) is 69.6 cm³/mol. The second-order valence-corrected chi connectivity index (χ2v) is 5.58. The lowest BCUT2D eigenvalue weighted by atomic mass is 9.77. The van der Waals surface area contributed by atoms with Gasteiger partial charge in [0, 0.05) is 12.5 Å². The van der Waals surface area contributed by atoms with Gasteiger partial charge >= 0.3 is 0 Å². The summed E-state index contributed by atoms with van der Waals surface area (Å²) in [6, 6.07) is 0.